The Morgan fingerprint density at radius 1 is 1.19 bits per heavy atom. The molecular formula is C20H39IN6. The molecule has 1 aliphatic rings. The Hall–Kier alpha value is -0.830. The van der Waals surface area contributed by atoms with Crippen LogP contribution < -0.4 is 10.6 Å². The number of aliphatic imine (C=N–C) groups is 1. The molecule has 0 aliphatic carbocycles. The van der Waals surface area contributed by atoms with Gasteiger partial charge in [0, 0.05) is 38.9 Å². The lowest BCUT2D eigenvalue weighted by atomic mass is 10.1. The molecule has 0 bridgehead atoms. The normalized spacial score (nSPS) is 17.9. The molecule has 0 spiro atoms. The highest BCUT2D eigenvalue weighted by atomic mass is 127. The third-order valence-electron chi connectivity index (χ3n) is 5.41. The summed E-state index contributed by atoms with van der Waals surface area (Å²) in [5.41, 5.74) is 3.70. The SMILES string of the molecule is CN=C(NCC(C)CN1CCCCC1)NC(C)Cc1c(C)nn(C)c1C.I. The van der Waals surface area contributed by atoms with Gasteiger partial charge in [0.15, 0.2) is 5.96 Å². The van der Waals surface area contributed by atoms with Crippen molar-refractivity contribution in [2.24, 2.45) is 18.0 Å². The molecule has 1 aromatic rings. The molecule has 156 valence electrons. The fourth-order valence-electron chi connectivity index (χ4n) is 3.82. The molecule has 0 amide bonds. The van der Waals surface area contributed by atoms with Crippen molar-refractivity contribution in [1.82, 2.24) is 25.3 Å². The van der Waals surface area contributed by atoms with Gasteiger partial charge in [-0.3, -0.25) is 9.67 Å². The van der Waals surface area contributed by atoms with Crippen molar-refractivity contribution in [3.05, 3.63) is 17.0 Å². The number of aryl methyl sites for hydroxylation is 2. The average molecular weight is 490 g/mol. The summed E-state index contributed by atoms with van der Waals surface area (Å²) in [6, 6.07) is 0.306. The van der Waals surface area contributed by atoms with Gasteiger partial charge in [-0.15, -0.1) is 24.0 Å². The fraction of sp³-hybridized carbons (Fsp3) is 0.800. The first kappa shape index (κ1) is 24.2. The molecule has 2 atom stereocenters. The van der Waals surface area contributed by atoms with E-state index in [1.54, 1.807) is 0 Å². The molecule has 2 N–H and O–H groups in total. The van der Waals surface area contributed by atoms with Gasteiger partial charge in [-0.2, -0.15) is 5.10 Å². The van der Waals surface area contributed by atoms with Gasteiger partial charge in [-0.05, 0) is 64.6 Å². The molecule has 27 heavy (non-hydrogen) atoms. The van der Waals surface area contributed by atoms with Crippen LogP contribution in [0.2, 0.25) is 0 Å². The van der Waals surface area contributed by atoms with E-state index in [-0.39, 0.29) is 24.0 Å². The van der Waals surface area contributed by atoms with Crippen LogP contribution in [0.25, 0.3) is 0 Å². The standard InChI is InChI=1S/C20H38N6.HI/c1-15(14-26-10-8-7-9-11-26)13-22-20(21-5)23-16(2)12-19-17(3)24-25(6)18(19)4;/h15-16H,7-14H2,1-6H3,(H2,21,22,23);1H. The summed E-state index contributed by atoms with van der Waals surface area (Å²) in [5.74, 6) is 1.51. The Labute approximate surface area is 182 Å². The Bertz CT molecular complexity index is 592. The second kappa shape index (κ2) is 11.9. The molecule has 0 radical (unpaired) electrons. The molecule has 2 rings (SSSR count). The molecule has 1 aromatic heterocycles. The molecule has 2 unspecified atom stereocenters. The molecule has 1 saturated heterocycles. The first-order valence-corrected chi connectivity index (χ1v) is 10.1. The maximum atomic E-state index is 4.52. The number of rotatable bonds is 7. The maximum absolute atomic E-state index is 4.52. The predicted octanol–water partition coefficient (Wildman–Crippen LogP) is 2.87. The van der Waals surface area contributed by atoms with Crippen LogP contribution in [0.15, 0.2) is 4.99 Å². The zero-order valence-electron chi connectivity index (χ0n) is 18.0. The number of hydrogen-bond acceptors (Lipinski definition) is 3. The monoisotopic (exact) mass is 490 g/mol. The average Bonchev–Trinajstić information content (AvgIpc) is 2.85. The highest BCUT2D eigenvalue weighted by molar-refractivity contribution is 14.0. The molecular weight excluding hydrogens is 451 g/mol. The summed E-state index contributed by atoms with van der Waals surface area (Å²) in [6.07, 6.45) is 5.06. The summed E-state index contributed by atoms with van der Waals surface area (Å²) < 4.78 is 1.97. The lowest BCUT2D eigenvalue weighted by molar-refractivity contribution is 0.201. The predicted molar refractivity (Wildman–Crippen MR) is 125 cm³/mol. The Morgan fingerprint density at radius 2 is 1.85 bits per heavy atom. The number of guanidine groups is 1. The summed E-state index contributed by atoms with van der Waals surface area (Å²) in [6.45, 7) is 13.4. The van der Waals surface area contributed by atoms with Crippen molar-refractivity contribution in [3.63, 3.8) is 0 Å². The van der Waals surface area contributed by atoms with E-state index in [9.17, 15) is 0 Å². The number of halogens is 1. The van der Waals surface area contributed by atoms with Crippen LogP contribution in [-0.4, -0.2) is 59.9 Å². The van der Waals surface area contributed by atoms with Gasteiger partial charge in [0.1, 0.15) is 0 Å². The highest BCUT2D eigenvalue weighted by Crippen LogP contribution is 2.14. The third kappa shape index (κ3) is 7.60. The van der Waals surface area contributed by atoms with E-state index in [2.05, 4.69) is 53.3 Å². The summed E-state index contributed by atoms with van der Waals surface area (Å²) in [5, 5.41) is 11.5. The van der Waals surface area contributed by atoms with Crippen LogP contribution >= 0.6 is 24.0 Å². The van der Waals surface area contributed by atoms with Crippen LogP contribution in [0.3, 0.4) is 0 Å². The van der Waals surface area contributed by atoms with Crippen molar-refractivity contribution in [3.8, 4) is 0 Å². The van der Waals surface area contributed by atoms with E-state index in [1.165, 1.54) is 50.2 Å². The molecule has 0 saturated carbocycles. The van der Waals surface area contributed by atoms with E-state index in [0.29, 0.717) is 12.0 Å². The Balaban J connectivity index is 0.00000364. The number of likely N-dealkylation sites (tertiary alicyclic amines) is 1. The zero-order valence-corrected chi connectivity index (χ0v) is 20.3. The molecule has 2 heterocycles. The second-order valence-electron chi connectivity index (χ2n) is 7.94. The van der Waals surface area contributed by atoms with Gasteiger partial charge >= 0.3 is 0 Å². The molecule has 0 aromatic carbocycles. The topological polar surface area (TPSA) is 57.5 Å². The van der Waals surface area contributed by atoms with E-state index in [4.69, 9.17) is 0 Å². The van der Waals surface area contributed by atoms with Crippen LogP contribution in [0, 0.1) is 19.8 Å². The summed E-state index contributed by atoms with van der Waals surface area (Å²) in [7, 11) is 3.85. The van der Waals surface area contributed by atoms with Crippen LogP contribution in [0.1, 0.15) is 50.1 Å². The number of piperidine rings is 1. The van der Waals surface area contributed by atoms with Gasteiger partial charge in [-0.1, -0.05) is 13.3 Å². The minimum absolute atomic E-state index is 0. The van der Waals surface area contributed by atoms with Crippen molar-refractivity contribution in [2.75, 3.05) is 33.2 Å². The third-order valence-corrected chi connectivity index (χ3v) is 5.41. The maximum Gasteiger partial charge on any atom is 0.191 e. The molecule has 6 nitrogen and oxygen atoms in total. The van der Waals surface area contributed by atoms with Gasteiger partial charge in [0.05, 0.1) is 5.69 Å². The second-order valence-corrected chi connectivity index (χ2v) is 7.94. The minimum atomic E-state index is 0. The van der Waals surface area contributed by atoms with Gasteiger partial charge < -0.3 is 15.5 Å². The van der Waals surface area contributed by atoms with Crippen molar-refractivity contribution < 1.29 is 0 Å². The smallest absolute Gasteiger partial charge is 0.191 e. The first-order valence-electron chi connectivity index (χ1n) is 10.1. The van der Waals surface area contributed by atoms with Crippen molar-refractivity contribution in [1.29, 1.82) is 0 Å². The summed E-state index contributed by atoms with van der Waals surface area (Å²) in [4.78, 5) is 7.00. The molecule has 1 aliphatic heterocycles. The van der Waals surface area contributed by atoms with Crippen LogP contribution in [0.5, 0.6) is 0 Å². The van der Waals surface area contributed by atoms with E-state index < -0.39 is 0 Å². The Kier molecular flexibility index (Phi) is 10.7. The quantitative estimate of drug-likeness (QED) is 0.351. The lowest BCUT2D eigenvalue weighted by Crippen LogP contribution is -2.45. The number of nitrogens with one attached hydrogen (secondary N) is 2. The fourth-order valence-corrected chi connectivity index (χ4v) is 3.82. The van der Waals surface area contributed by atoms with Gasteiger partial charge in [-0.25, -0.2) is 0 Å². The number of aromatic nitrogens is 2. The van der Waals surface area contributed by atoms with Crippen LogP contribution in [-0.2, 0) is 13.5 Å². The van der Waals surface area contributed by atoms with E-state index in [1.807, 2.05) is 18.8 Å². The minimum Gasteiger partial charge on any atom is -0.356 e. The molecule has 1 fully saturated rings. The van der Waals surface area contributed by atoms with Crippen molar-refractivity contribution >= 4 is 29.9 Å². The highest BCUT2D eigenvalue weighted by Gasteiger charge is 2.16. The van der Waals surface area contributed by atoms with Crippen molar-refractivity contribution in [2.45, 2.75) is 59.4 Å². The van der Waals surface area contributed by atoms with Gasteiger partial charge in [0.25, 0.3) is 0 Å². The number of nitrogens with zero attached hydrogens (tertiary/aromatic N) is 4. The van der Waals surface area contributed by atoms with Crippen LogP contribution in [0.4, 0.5) is 0 Å². The lowest BCUT2D eigenvalue weighted by Gasteiger charge is -2.29. The largest absolute Gasteiger partial charge is 0.356 e. The Morgan fingerprint density at radius 3 is 2.41 bits per heavy atom. The van der Waals surface area contributed by atoms with Gasteiger partial charge in [0.2, 0.25) is 0 Å². The number of hydrogen-bond donors (Lipinski definition) is 2. The first-order chi connectivity index (χ1) is 12.4. The van der Waals surface area contributed by atoms with E-state index >= 15 is 0 Å². The van der Waals surface area contributed by atoms with E-state index in [0.717, 1.165) is 24.6 Å². The molecule has 7 heteroatoms. The summed E-state index contributed by atoms with van der Waals surface area (Å²) >= 11 is 0. The zero-order chi connectivity index (χ0) is 19.1.